The Morgan fingerprint density at radius 2 is 2.05 bits per heavy atom. The molecule has 0 aliphatic rings. The molecule has 0 radical (unpaired) electrons. The molecule has 0 aliphatic carbocycles. The second-order valence-corrected chi connectivity index (χ2v) is 4.83. The van der Waals surface area contributed by atoms with Crippen LogP contribution in [0.2, 0.25) is 0 Å². The summed E-state index contributed by atoms with van der Waals surface area (Å²) in [5.41, 5.74) is 0.658. The summed E-state index contributed by atoms with van der Waals surface area (Å²) in [5, 5.41) is 4.11. The average molecular weight is 285 g/mol. The van der Waals surface area contributed by atoms with Crippen molar-refractivity contribution < 1.29 is 8.81 Å². The lowest BCUT2D eigenvalue weighted by atomic mass is 10.1. The summed E-state index contributed by atoms with van der Waals surface area (Å²) in [6, 6.07) is 7.86. The lowest BCUT2D eigenvalue weighted by molar-refractivity contribution is 0.456. The number of hydrogen-bond acceptors (Lipinski definition) is 4. The first kappa shape index (κ1) is 13.7. The highest BCUT2D eigenvalue weighted by atomic mass is 19.1. The van der Waals surface area contributed by atoms with Gasteiger partial charge in [0.2, 0.25) is 0 Å². The molecule has 0 fully saturated rings. The number of halogens is 1. The Kier molecular flexibility index (Phi) is 3.92. The molecule has 1 unspecified atom stereocenters. The van der Waals surface area contributed by atoms with Crippen molar-refractivity contribution in [2.45, 2.75) is 19.4 Å². The molecule has 3 aromatic rings. The number of furan rings is 1. The van der Waals surface area contributed by atoms with Crippen molar-refractivity contribution in [3.63, 3.8) is 0 Å². The molecular formula is C16H16FN3O. The van der Waals surface area contributed by atoms with Crippen LogP contribution in [-0.2, 0) is 0 Å². The van der Waals surface area contributed by atoms with E-state index in [4.69, 9.17) is 4.42 Å². The van der Waals surface area contributed by atoms with Gasteiger partial charge in [0.15, 0.2) is 5.82 Å². The summed E-state index contributed by atoms with van der Waals surface area (Å²) in [5.74, 6) is 1.06. The molecule has 0 bridgehead atoms. The molecule has 1 N–H and O–H groups in total. The van der Waals surface area contributed by atoms with Crippen LogP contribution in [0.15, 0.2) is 47.1 Å². The molecular weight excluding hydrogens is 269 g/mol. The van der Waals surface area contributed by atoms with Gasteiger partial charge in [-0.2, -0.15) is 0 Å². The van der Waals surface area contributed by atoms with Gasteiger partial charge in [0, 0.05) is 17.8 Å². The van der Waals surface area contributed by atoms with Crippen molar-refractivity contribution in [2.75, 3.05) is 6.54 Å². The van der Waals surface area contributed by atoms with Gasteiger partial charge < -0.3 is 9.73 Å². The van der Waals surface area contributed by atoms with Gasteiger partial charge in [-0.25, -0.2) is 14.4 Å². The van der Waals surface area contributed by atoms with E-state index in [1.54, 1.807) is 24.5 Å². The number of aromatic nitrogens is 2. The number of hydrogen-bond donors (Lipinski definition) is 1. The summed E-state index contributed by atoms with van der Waals surface area (Å²) in [7, 11) is 0. The van der Waals surface area contributed by atoms with Crippen molar-refractivity contribution in [2.24, 2.45) is 0 Å². The Morgan fingerprint density at radius 1 is 1.24 bits per heavy atom. The summed E-state index contributed by atoms with van der Waals surface area (Å²) in [4.78, 5) is 8.58. The molecule has 5 heteroatoms. The molecule has 0 saturated carbocycles. The third-order valence-corrected chi connectivity index (χ3v) is 3.22. The number of fused-ring (bicyclic) bond motifs is 1. The second-order valence-electron chi connectivity index (χ2n) is 4.83. The normalized spacial score (nSPS) is 12.7. The van der Waals surface area contributed by atoms with Gasteiger partial charge in [-0.05, 0) is 43.3 Å². The molecule has 2 aromatic heterocycles. The van der Waals surface area contributed by atoms with Crippen LogP contribution in [-0.4, -0.2) is 16.5 Å². The fourth-order valence-corrected chi connectivity index (χ4v) is 2.24. The molecule has 0 amide bonds. The summed E-state index contributed by atoms with van der Waals surface area (Å²) < 4.78 is 19.1. The van der Waals surface area contributed by atoms with E-state index in [1.807, 2.05) is 6.07 Å². The Bertz CT molecular complexity index is 727. The summed E-state index contributed by atoms with van der Waals surface area (Å²) >= 11 is 0. The first-order valence-electron chi connectivity index (χ1n) is 6.97. The van der Waals surface area contributed by atoms with Crippen LogP contribution < -0.4 is 5.32 Å². The topological polar surface area (TPSA) is 51.0 Å². The van der Waals surface area contributed by atoms with Crippen LogP contribution in [0.4, 0.5) is 4.39 Å². The molecule has 21 heavy (non-hydrogen) atoms. The number of nitrogens with zero attached hydrogens (tertiary/aromatic N) is 2. The molecule has 0 spiro atoms. The zero-order chi connectivity index (χ0) is 14.7. The van der Waals surface area contributed by atoms with E-state index in [-0.39, 0.29) is 11.9 Å². The summed E-state index contributed by atoms with van der Waals surface area (Å²) in [6.45, 7) is 2.90. The Morgan fingerprint density at radius 3 is 2.81 bits per heavy atom. The maximum atomic E-state index is 13.3. The number of nitrogens with one attached hydrogen (secondary N) is 1. The monoisotopic (exact) mass is 285 g/mol. The van der Waals surface area contributed by atoms with Gasteiger partial charge in [0.05, 0.1) is 0 Å². The standard InChI is InChI=1S/C16H16FN3O/c1-2-6-18-15(16-19-7-3-8-20-16)14-10-11-9-12(17)4-5-13(11)21-14/h3-5,7-10,15,18H,2,6H2,1H3. The fraction of sp³-hybridized carbons (Fsp3) is 0.250. The molecule has 1 aromatic carbocycles. The third-order valence-electron chi connectivity index (χ3n) is 3.22. The minimum Gasteiger partial charge on any atom is -0.459 e. The van der Waals surface area contributed by atoms with Crippen molar-refractivity contribution in [1.82, 2.24) is 15.3 Å². The smallest absolute Gasteiger partial charge is 0.152 e. The van der Waals surface area contributed by atoms with E-state index in [1.165, 1.54) is 12.1 Å². The fourth-order valence-electron chi connectivity index (χ4n) is 2.24. The van der Waals surface area contributed by atoms with Crippen LogP contribution in [0.1, 0.15) is 31.0 Å². The van der Waals surface area contributed by atoms with Crippen LogP contribution in [0.25, 0.3) is 11.0 Å². The van der Waals surface area contributed by atoms with Crippen molar-refractivity contribution in [3.05, 3.63) is 60.1 Å². The zero-order valence-electron chi connectivity index (χ0n) is 11.7. The van der Waals surface area contributed by atoms with Crippen LogP contribution in [0, 0.1) is 5.82 Å². The highest BCUT2D eigenvalue weighted by Gasteiger charge is 2.20. The Labute approximate surface area is 122 Å². The van der Waals surface area contributed by atoms with E-state index < -0.39 is 0 Å². The predicted octanol–water partition coefficient (Wildman–Crippen LogP) is 3.45. The lowest BCUT2D eigenvalue weighted by Crippen LogP contribution is -2.24. The molecule has 0 aliphatic heterocycles. The quantitative estimate of drug-likeness (QED) is 0.780. The van der Waals surface area contributed by atoms with Gasteiger partial charge in [-0.3, -0.25) is 0 Å². The highest BCUT2D eigenvalue weighted by molar-refractivity contribution is 5.78. The second kappa shape index (κ2) is 6.01. The third kappa shape index (κ3) is 2.92. The first-order valence-corrected chi connectivity index (χ1v) is 6.97. The van der Waals surface area contributed by atoms with Crippen LogP contribution in [0.5, 0.6) is 0 Å². The SMILES string of the molecule is CCCNC(c1ncccn1)c1cc2cc(F)ccc2o1. The van der Waals surface area contributed by atoms with Crippen molar-refractivity contribution in [3.8, 4) is 0 Å². The van der Waals surface area contributed by atoms with E-state index in [0.717, 1.165) is 18.4 Å². The van der Waals surface area contributed by atoms with Gasteiger partial charge in [-0.15, -0.1) is 0 Å². The van der Waals surface area contributed by atoms with Gasteiger partial charge in [0.1, 0.15) is 23.2 Å². The highest BCUT2D eigenvalue weighted by Crippen LogP contribution is 2.27. The Hall–Kier alpha value is -2.27. The van der Waals surface area contributed by atoms with Gasteiger partial charge in [-0.1, -0.05) is 6.92 Å². The maximum Gasteiger partial charge on any atom is 0.152 e. The first-order chi connectivity index (χ1) is 10.3. The Balaban J connectivity index is 2.01. The van der Waals surface area contributed by atoms with Crippen molar-refractivity contribution >= 4 is 11.0 Å². The van der Waals surface area contributed by atoms with E-state index >= 15 is 0 Å². The molecule has 1 atom stereocenters. The number of benzene rings is 1. The van der Waals surface area contributed by atoms with Gasteiger partial charge in [0.25, 0.3) is 0 Å². The average Bonchev–Trinajstić information content (AvgIpc) is 2.91. The summed E-state index contributed by atoms with van der Waals surface area (Å²) in [6.07, 6.45) is 4.38. The van der Waals surface area contributed by atoms with E-state index in [2.05, 4.69) is 22.2 Å². The number of rotatable bonds is 5. The minimum absolute atomic E-state index is 0.235. The van der Waals surface area contributed by atoms with E-state index in [9.17, 15) is 4.39 Å². The van der Waals surface area contributed by atoms with Gasteiger partial charge >= 0.3 is 0 Å². The maximum absolute atomic E-state index is 13.3. The predicted molar refractivity (Wildman–Crippen MR) is 78.3 cm³/mol. The molecule has 2 heterocycles. The molecule has 3 rings (SSSR count). The lowest BCUT2D eigenvalue weighted by Gasteiger charge is -2.14. The zero-order valence-corrected chi connectivity index (χ0v) is 11.7. The minimum atomic E-state index is -0.274. The molecule has 0 saturated heterocycles. The van der Waals surface area contributed by atoms with Crippen LogP contribution >= 0.6 is 0 Å². The van der Waals surface area contributed by atoms with Crippen LogP contribution in [0.3, 0.4) is 0 Å². The molecule has 108 valence electrons. The van der Waals surface area contributed by atoms with E-state index in [0.29, 0.717) is 17.2 Å². The largest absolute Gasteiger partial charge is 0.459 e. The van der Waals surface area contributed by atoms with Crippen molar-refractivity contribution in [1.29, 1.82) is 0 Å². The molecule has 4 nitrogen and oxygen atoms in total.